The highest BCUT2D eigenvalue weighted by Crippen LogP contribution is 2.33. The maximum atomic E-state index is 10.1. The fraction of sp³-hybridized carbons (Fsp3) is 0.538. The van der Waals surface area contributed by atoms with Crippen molar-refractivity contribution in [3.63, 3.8) is 0 Å². The largest absolute Gasteiger partial charge is 0.490 e. The summed E-state index contributed by atoms with van der Waals surface area (Å²) in [6.45, 7) is 2.06. The molecule has 0 spiro atoms. The molecule has 2 aromatic carbocycles. The van der Waals surface area contributed by atoms with Gasteiger partial charge in [-0.2, -0.15) is 0 Å². The summed E-state index contributed by atoms with van der Waals surface area (Å²) in [7, 11) is 1.77. The van der Waals surface area contributed by atoms with E-state index in [0.29, 0.717) is 18.9 Å². The molecule has 5 atom stereocenters. The molecule has 0 bridgehead atoms. The van der Waals surface area contributed by atoms with Gasteiger partial charge in [0.1, 0.15) is 11.9 Å². The molecule has 168 valence electrons. The van der Waals surface area contributed by atoms with E-state index in [1.54, 1.807) is 7.11 Å². The minimum Gasteiger partial charge on any atom is -0.490 e. The van der Waals surface area contributed by atoms with Gasteiger partial charge in [-0.25, -0.2) is 0 Å². The zero-order valence-electron chi connectivity index (χ0n) is 18.5. The Labute approximate surface area is 185 Å². The van der Waals surface area contributed by atoms with Gasteiger partial charge in [-0.15, -0.1) is 0 Å². The number of aliphatic hydroxyl groups is 2. The first-order valence-corrected chi connectivity index (χ1v) is 11.4. The van der Waals surface area contributed by atoms with Crippen LogP contribution in [0.4, 0.5) is 0 Å². The first-order chi connectivity index (χ1) is 15.0. The van der Waals surface area contributed by atoms with E-state index in [4.69, 9.17) is 14.2 Å². The first-order valence-electron chi connectivity index (χ1n) is 11.4. The Morgan fingerprint density at radius 1 is 1.00 bits per heavy atom. The Hall–Kier alpha value is -1.92. The van der Waals surface area contributed by atoms with E-state index in [2.05, 4.69) is 49.4 Å². The molecule has 5 heteroatoms. The highest BCUT2D eigenvalue weighted by molar-refractivity contribution is 5.38. The quantitative estimate of drug-likeness (QED) is 0.698. The molecule has 1 aliphatic heterocycles. The molecule has 1 saturated heterocycles. The van der Waals surface area contributed by atoms with E-state index in [9.17, 15) is 10.2 Å². The summed E-state index contributed by atoms with van der Waals surface area (Å²) >= 11 is 0. The normalized spacial score (nSPS) is 28.6. The van der Waals surface area contributed by atoms with Crippen molar-refractivity contribution < 1.29 is 24.4 Å². The zero-order valence-corrected chi connectivity index (χ0v) is 18.5. The summed E-state index contributed by atoms with van der Waals surface area (Å²) in [5, 5.41) is 19.6. The Bertz CT molecular complexity index is 849. The molecule has 5 nitrogen and oxygen atoms in total. The van der Waals surface area contributed by atoms with Gasteiger partial charge in [0.05, 0.1) is 31.0 Å². The van der Waals surface area contributed by atoms with Crippen LogP contribution in [0.5, 0.6) is 5.75 Å². The molecule has 1 heterocycles. The summed E-state index contributed by atoms with van der Waals surface area (Å²) in [5.41, 5.74) is 4.77. The molecule has 0 unspecified atom stereocenters. The Morgan fingerprint density at radius 3 is 2.48 bits per heavy atom. The van der Waals surface area contributed by atoms with E-state index in [0.717, 1.165) is 37.0 Å². The number of aliphatic hydroxyl groups excluding tert-OH is 2. The van der Waals surface area contributed by atoms with Gasteiger partial charge in [-0.1, -0.05) is 30.3 Å². The second kappa shape index (κ2) is 10.1. The molecule has 0 amide bonds. The van der Waals surface area contributed by atoms with Crippen molar-refractivity contribution in [1.82, 2.24) is 0 Å². The summed E-state index contributed by atoms with van der Waals surface area (Å²) in [6, 6.07) is 14.7. The van der Waals surface area contributed by atoms with Crippen molar-refractivity contribution in [1.29, 1.82) is 0 Å². The Kier molecular flexibility index (Phi) is 7.28. The molecular weight excluding hydrogens is 392 g/mol. The van der Waals surface area contributed by atoms with Gasteiger partial charge in [0, 0.05) is 26.4 Å². The maximum Gasteiger partial charge on any atom is 0.119 e. The average molecular weight is 427 g/mol. The van der Waals surface area contributed by atoms with Gasteiger partial charge < -0.3 is 24.4 Å². The van der Waals surface area contributed by atoms with Gasteiger partial charge in [-0.05, 0) is 60.6 Å². The average Bonchev–Trinajstić information content (AvgIpc) is 3.23. The highest BCUT2D eigenvalue weighted by Gasteiger charge is 2.29. The van der Waals surface area contributed by atoms with Crippen LogP contribution >= 0.6 is 0 Å². The number of rotatable bonds is 7. The number of hydrogen-bond donors (Lipinski definition) is 2. The Balaban J connectivity index is 1.41. The van der Waals surface area contributed by atoms with Gasteiger partial charge in [-0.3, -0.25) is 0 Å². The topological polar surface area (TPSA) is 68.2 Å². The Morgan fingerprint density at radius 2 is 1.77 bits per heavy atom. The lowest BCUT2D eigenvalue weighted by molar-refractivity contribution is -0.113. The third kappa shape index (κ3) is 5.66. The maximum absolute atomic E-state index is 10.1. The molecular formula is C26H34O5. The summed E-state index contributed by atoms with van der Waals surface area (Å²) < 4.78 is 17.6. The second-order valence-corrected chi connectivity index (χ2v) is 8.97. The number of aryl methyl sites for hydroxylation is 1. The third-order valence-electron chi connectivity index (χ3n) is 6.62. The number of hydrogen-bond acceptors (Lipinski definition) is 5. The van der Waals surface area contributed by atoms with Crippen LogP contribution in [-0.4, -0.2) is 48.3 Å². The SMILES string of the molecule is CO[C@H]1CC[C@@H](Oc2ccc(Cc3cc([C@H]4C[C@@H](O)C[C@@H](CO)O4)ccc3C)cc2)C1. The predicted octanol–water partition coefficient (Wildman–Crippen LogP) is 4.11. The summed E-state index contributed by atoms with van der Waals surface area (Å²) in [5.74, 6) is 0.913. The van der Waals surface area contributed by atoms with Crippen molar-refractivity contribution in [3.05, 3.63) is 64.7 Å². The summed E-state index contributed by atoms with van der Waals surface area (Å²) in [6.07, 6.45) is 4.59. The van der Waals surface area contributed by atoms with E-state index in [-0.39, 0.29) is 24.9 Å². The molecule has 0 aromatic heterocycles. The van der Waals surface area contributed by atoms with Crippen molar-refractivity contribution in [2.75, 3.05) is 13.7 Å². The van der Waals surface area contributed by atoms with Gasteiger partial charge in [0.2, 0.25) is 0 Å². The van der Waals surface area contributed by atoms with Crippen molar-refractivity contribution >= 4 is 0 Å². The fourth-order valence-electron chi connectivity index (χ4n) is 4.72. The number of ether oxygens (including phenoxy) is 3. The van der Waals surface area contributed by atoms with Crippen LogP contribution in [0.3, 0.4) is 0 Å². The van der Waals surface area contributed by atoms with Crippen molar-refractivity contribution in [2.24, 2.45) is 0 Å². The van der Waals surface area contributed by atoms with E-state index in [1.807, 2.05) is 0 Å². The minimum absolute atomic E-state index is 0.0618. The van der Waals surface area contributed by atoms with E-state index < -0.39 is 6.10 Å². The minimum atomic E-state index is -0.438. The van der Waals surface area contributed by atoms with Gasteiger partial charge in [0.25, 0.3) is 0 Å². The van der Waals surface area contributed by atoms with Crippen molar-refractivity contribution in [2.45, 2.75) is 76.0 Å². The third-order valence-corrected chi connectivity index (χ3v) is 6.62. The van der Waals surface area contributed by atoms with Crippen LogP contribution in [0.25, 0.3) is 0 Å². The monoisotopic (exact) mass is 426 g/mol. The van der Waals surface area contributed by atoms with Gasteiger partial charge in [0.15, 0.2) is 0 Å². The number of methoxy groups -OCH3 is 1. The smallest absolute Gasteiger partial charge is 0.119 e. The molecule has 1 aliphatic carbocycles. The molecule has 2 aliphatic rings. The predicted molar refractivity (Wildman–Crippen MR) is 119 cm³/mol. The molecule has 0 radical (unpaired) electrons. The highest BCUT2D eigenvalue weighted by atomic mass is 16.5. The van der Waals surface area contributed by atoms with E-state index >= 15 is 0 Å². The molecule has 1 saturated carbocycles. The fourth-order valence-corrected chi connectivity index (χ4v) is 4.72. The number of benzene rings is 2. The molecule has 31 heavy (non-hydrogen) atoms. The first kappa shape index (κ1) is 22.3. The van der Waals surface area contributed by atoms with Crippen LogP contribution in [0.1, 0.15) is 60.5 Å². The molecule has 2 aromatic rings. The van der Waals surface area contributed by atoms with Crippen LogP contribution in [0.2, 0.25) is 0 Å². The zero-order chi connectivity index (χ0) is 21.8. The van der Waals surface area contributed by atoms with Crippen LogP contribution in [-0.2, 0) is 15.9 Å². The van der Waals surface area contributed by atoms with Gasteiger partial charge >= 0.3 is 0 Å². The molecule has 4 rings (SSSR count). The standard InChI is InChI=1S/C26H34O5/c1-17-3-6-19(26-14-21(28)13-25(16-27)31-26)12-20(17)11-18-4-7-22(8-5-18)30-24-10-9-23(15-24)29-2/h3-8,12,21,23-28H,9-11,13-16H2,1-2H3/t21-,23-,24+,25-,26+/m0/s1. The lowest BCUT2D eigenvalue weighted by Gasteiger charge is -2.32. The van der Waals surface area contributed by atoms with E-state index in [1.165, 1.54) is 16.7 Å². The summed E-state index contributed by atoms with van der Waals surface area (Å²) in [4.78, 5) is 0. The molecule has 2 fully saturated rings. The second-order valence-electron chi connectivity index (χ2n) is 8.97. The van der Waals surface area contributed by atoms with Crippen LogP contribution in [0, 0.1) is 6.92 Å². The lowest BCUT2D eigenvalue weighted by atomic mass is 9.92. The van der Waals surface area contributed by atoms with Crippen molar-refractivity contribution in [3.8, 4) is 5.75 Å². The van der Waals surface area contributed by atoms with Crippen LogP contribution < -0.4 is 4.74 Å². The lowest BCUT2D eigenvalue weighted by Crippen LogP contribution is -2.33. The van der Waals surface area contributed by atoms with Crippen LogP contribution in [0.15, 0.2) is 42.5 Å². The molecule has 2 N–H and O–H groups in total.